The van der Waals surface area contributed by atoms with Gasteiger partial charge in [-0.05, 0) is 24.1 Å². The molecule has 0 spiro atoms. The fraction of sp³-hybridized carbons (Fsp3) is 0.417. The number of carbonyl (C=O) groups excluding carboxylic acids is 1. The lowest BCUT2D eigenvalue weighted by Gasteiger charge is -2.14. The average Bonchev–Trinajstić information content (AvgIpc) is 2.29. The molecular formula is C12H16O3. The topological polar surface area (TPSA) is 35.5 Å². The van der Waals surface area contributed by atoms with Gasteiger partial charge in [-0.15, -0.1) is 0 Å². The minimum Gasteiger partial charge on any atom is -0.497 e. The van der Waals surface area contributed by atoms with Gasteiger partial charge >= 0.3 is 0 Å². The van der Waals surface area contributed by atoms with Gasteiger partial charge in [-0.2, -0.15) is 0 Å². The van der Waals surface area contributed by atoms with Crippen LogP contribution < -0.4 is 4.74 Å². The monoisotopic (exact) mass is 208 g/mol. The maximum atomic E-state index is 10.3. The van der Waals surface area contributed by atoms with Crippen molar-refractivity contribution in [3.05, 3.63) is 29.8 Å². The van der Waals surface area contributed by atoms with Crippen molar-refractivity contribution < 1.29 is 14.3 Å². The van der Waals surface area contributed by atoms with Crippen LogP contribution in [0, 0.1) is 0 Å². The molecule has 1 atom stereocenters. The van der Waals surface area contributed by atoms with Gasteiger partial charge in [0.05, 0.1) is 7.11 Å². The van der Waals surface area contributed by atoms with Crippen LogP contribution in [0.4, 0.5) is 0 Å². The van der Waals surface area contributed by atoms with Crippen LogP contribution in [0.5, 0.6) is 5.75 Å². The molecule has 0 aliphatic heterocycles. The van der Waals surface area contributed by atoms with E-state index in [1.807, 2.05) is 24.3 Å². The minimum absolute atomic E-state index is 0.140. The Balaban J connectivity index is 2.76. The highest BCUT2D eigenvalue weighted by atomic mass is 16.5. The summed E-state index contributed by atoms with van der Waals surface area (Å²) in [6.45, 7) is 2.56. The number of carbonyl (C=O) groups is 1. The fourth-order valence-corrected chi connectivity index (χ4v) is 1.46. The van der Waals surface area contributed by atoms with Crippen LogP contribution in [-0.4, -0.2) is 13.6 Å². The molecule has 0 heterocycles. The van der Waals surface area contributed by atoms with Gasteiger partial charge in [-0.1, -0.05) is 25.5 Å². The molecule has 3 heteroatoms. The Morgan fingerprint density at radius 1 is 1.33 bits per heavy atom. The van der Waals surface area contributed by atoms with Crippen LogP contribution in [0.2, 0.25) is 0 Å². The van der Waals surface area contributed by atoms with Crippen LogP contribution >= 0.6 is 0 Å². The third kappa shape index (κ3) is 3.27. The van der Waals surface area contributed by atoms with E-state index in [2.05, 4.69) is 6.92 Å². The van der Waals surface area contributed by atoms with Crippen molar-refractivity contribution in [3.63, 3.8) is 0 Å². The molecule has 0 saturated carbocycles. The molecule has 15 heavy (non-hydrogen) atoms. The molecule has 0 N–H and O–H groups in total. The molecule has 1 aromatic rings. The van der Waals surface area contributed by atoms with Gasteiger partial charge in [0.2, 0.25) is 0 Å². The molecular weight excluding hydrogens is 192 g/mol. The SMILES string of the molecule is CCCC(OC=O)c1ccc(OC)cc1. The van der Waals surface area contributed by atoms with E-state index >= 15 is 0 Å². The summed E-state index contributed by atoms with van der Waals surface area (Å²) in [5, 5.41) is 0. The first-order valence-corrected chi connectivity index (χ1v) is 5.04. The van der Waals surface area contributed by atoms with Gasteiger partial charge in [0.15, 0.2) is 0 Å². The molecule has 0 aromatic heterocycles. The number of hydrogen-bond acceptors (Lipinski definition) is 3. The quantitative estimate of drug-likeness (QED) is 0.674. The normalized spacial score (nSPS) is 11.9. The first kappa shape index (κ1) is 11.6. The highest BCUT2D eigenvalue weighted by Gasteiger charge is 2.10. The minimum atomic E-state index is -0.140. The standard InChI is InChI=1S/C12H16O3/c1-3-4-12(15-9-13)10-5-7-11(14-2)8-6-10/h5-9,12H,3-4H2,1-2H3. The second-order valence-corrected chi connectivity index (χ2v) is 3.28. The summed E-state index contributed by atoms with van der Waals surface area (Å²) in [6.07, 6.45) is 1.67. The average molecular weight is 208 g/mol. The summed E-state index contributed by atoms with van der Waals surface area (Å²) in [6, 6.07) is 7.57. The maximum absolute atomic E-state index is 10.3. The van der Waals surface area contributed by atoms with Crippen molar-refractivity contribution in [2.45, 2.75) is 25.9 Å². The summed E-state index contributed by atoms with van der Waals surface area (Å²) < 4.78 is 10.1. The molecule has 0 fully saturated rings. The highest BCUT2D eigenvalue weighted by Crippen LogP contribution is 2.23. The van der Waals surface area contributed by atoms with Gasteiger partial charge in [0, 0.05) is 0 Å². The van der Waals surface area contributed by atoms with E-state index in [1.165, 1.54) is 0 Å². The zero-order valence-electron chi connectivity index (χ0n) is 9.10. The molecule has 3 nitrogen and oxygen atoms in total. The van der Waals surface area contributed by atoms with Crippen LogP contribution in [0.1, 0.15) is 31.4 Å². The van der Waals surface area contributed by atoms with Crippen molar-refractivity contribution in [1.82, 2.24) is 0 Å². The molecule has 0 aliphatic carbocycles. The summed E-state index contributed by atoms with van der Waals surface area (Å²) in [7, 11) is 1.63. The number of hydrogen-bond donors (Lipinski definition) is 0. The summed E-state index contributed by atoms with van der Waals surface area (Å²) in [5.41, 5.74) is 1.00. The van der Waals surface area contributed by atoms with Crippen LogP contribution in [0.15, 0.2) is 24.3 Å². The number of ether oxygens (including phenoxy) is 2. The lowest BCUT2D eigenvalue weighted by Crippen LogP contribution is -2.02. The molecule has 0 aliphatic rings. The number of methoxy groups -OCH3 is 1. The Hall–Kier alpha value is -1.51. The Labute approximate surface area is 90.0 Å². The van der Waals surface area contributed by atoms with Gasteiger partial charge in [0.1, 0.15) is 11.9 Å². The van der Waals surface area contributed by atoms with Crippen LogP contribution in [0.3, 0.4) is 0 Å². The van der Waals surface area contributed by atoms with E-state index in [0.29, 0.717) is 6.47 Å². The van der Waals surface area contributed by atoms with Gasteiger partial charge in [-0.25, -0.2) is 0 Å². The van der Waals surface area contributed by atoms with Gasteiger partial charge in [0.25, 0.3) is 6.47 Å². The number of rotatable bonds is 6. The lowest BCUT2D eigenvalue weighted by atomic mass is 10.1. The lowest BCUT2D eigenvalue weighted by molar-refractivity contribution is -0.134. The molecule has 82 valence electrons. The van der Waals surface area contributed by atoms with Crippen LogP contribution in [0.25, 0.3) is 0 Å². The summed E-state index contributed by atoms with van der Waals surface area (Å²) in [5.74, 6) is 0.806. The van der Waals surface area contributed by atoms with Crippen molar-refractivity contribution in [2.75, 3.05) is 7.11 Å². The Morgan fingerprint density at radius 2 is 2.00 bits per heavy atom. The second-order valence-electron chi connectivity index (χ2n) is 3.28. The fourth-order valence-electron chi connectivity index (χ4n) is 1.46. The first-order valence-electron chi connectivity index (χ1n) is 5.04. The molecule has 1 rings (SSSR count). The van der Waals surface area contributed by atoms with Crippen molar-refractivity contribution >= 4 is 6.47 Å². The second kappa shape index (κ2) is 6.06. The van der Waals surface area contributed by atoms with Crippen LogP contribution in [-0.2, 0) is 9.53 Å². The smallest absolute Gasteiger partial charge is 0.293 e. The third-order valence-corrected chi connectivity index (χ3v) is 2.26. The molecule has 0 radical (unpaired) electrons. The predicted molar refractivity (Wildman–Crippen MR) is 57.8 cm³/mol. The Bertz CT molecular complexity index is 292. The van der Waals surface area contributed by atoms with E-state index in [4.69, 9.17) is 9.47 Å². The van der Waals surface area contributed by atoms with Crippen molar-refractivity contribution in [2.24, 2.45) is 0 Å². The molecule has 1 aromatic carbocycles. The first-order chi connectivity index (χ1) is 7.31. The van der Waals surface area contributed by atoms with E-state index in [1.54, 1.807) is 7.11 Å². The van der Waals surface area contributed by atoms with E-state index < -0.39 is 0 Å². The zero-order chi connectivity index (χ0) is 11.1. The number of benzene rings is 1. The van der Waals surface area contributed by atoms with Crippen molar-refractivity contribution in [1.29, 1.82) is 0 Å². The maximum Gasteiger partial charge on any atom is 0.293 e. The zero-order valence-corrected chi connectivity index (χ0v) is 9.10. The molecule has 0 amide bonds. The Morgan fingerprint density at radius 3 is 2.47 bits per heavy atom. The molecule has 0 bridgehead atoms. The summed E-state index contributed by atoms with van der Waals surface area (Å²) in [4.78, 5) is 10.3. The highest BCUT2D eigenvalue weighted by molar-refractivity contribution is 5.39. The van der Waals surface area contributed by atoms with Gasteiger partial charge in [-0.3, -0.25) is 4.79 Å². The Kier molecular flexibility index (Phi) is 4.68. The molecule has 0 saturated heterocycles. The summed E-state index contributed by atoms with van der Waals surface area (Å²) >= 11 is 0. The molecule has 1 unspecified atom stereocenters. The van der Waals surface area contributed by atoms with Gasteiger partial charge < -0.3 is 9.47 Å². The van der Waals surface area contributed by atoms with E-state index in [9.17, 15) is 4.79 Å². The predicted octanol–water partition coefficient (Wildman–Crippen LogP) is 2.71. The third-order valence-electron chi connectivity index (χ3n) is 2.26. The van der Waals surface area contributed by atoms with E-state index in [0.717, 1.165) is 24.2 Å². The van der Waals surface area contributed by atoms with Crippen molar-refractivity contribution in [3.8, 4) is 5.75 Å². The van der Waals surface area contributed by atoms with E-state index in [-0.39, 0.29) is 6.10 Å². The largest absolute Gasteiger partial charge is 0.497 e.